The van der Waals surface area contributed by atoms with Gasteiger partial charge in [0, 0.05) is 11.9 Å². The first-order chi connectivity index (χ1) is 14.6. The number of para-hydroxylation sites is 2. The molecule has 0 unspecified atom stereocenters. The number of imide groups is 1. The Bertz CT molecular complexity index is 1060. The lowest BCUT2D eigenvalue weighted by Crippen LogP contribution is -2.41. The molecule has 3 rings (SSSR count). The number of nitrogens with one attached hydrogen (secondary N) is 2. The Kier molecular flexibility index (Phi) is 6.83. The number of fused-ring (bicyclic) bond motifs is 1. The minimum Gasteiger partial charge on any atom is -0.489 e. The van der Waals surface area contributed by atoms with Crippen LogP contribution in [0.25, 0.3) is 11.0 Å². The first kappa shape index (κ1) is 20.7. The maximum absolute atomic E-state index is 12.5. The number of hydrogen-bond acceptors (Lipinski definition) is 6. The van der Waals surface area contributed by atoms with Crippen LogP contribution in [-0.2, 0) is 16.1 Å². The predicted octanol–water partition coefficient (Wildman–Crippen LogP) is 3.18. The number of amides is 3. The second-order valence-corrected chi connectivity index (χ2v) is 6.13. The van der Waals surface area contributed by atoms with Gasteiger partial charge in [0.15, 0.2) is 6.61 Å². The second kappa shape index (κ2) is 9.92. The fourth-order valence-electron chi connectivity index (χ4n) is 2.65. The van der Waals surface area contributed by atoms with Gasteiger partial charge < -0.3 is 19.2 Å². The summed E-state index contributed by atoms with van der Waals surface area (Å²) in [5, 5.41) is 5.12. The lowest BCUT2D eigenvalue weighted by molar-refractivity contribution is -0.123. The molecule has 0 aliphatic rings. The molecule has 0 saturated heterocycles. The minimum atomic E-state index is -0.834. The zero-order chi connectivity index (χ0) is 21.3. The number of urea groups is 1. The van der Waals surface area contributed by atoms with Crippen LogP contribution in [0, 0.1) is 0 Å². The van der Waals surface area contributed by atoms with Gasteiger partial charge in [0.1, 0.15) is 17.9 Å². The molecule has 154 valence electrons. The van der Waals surface area contributed by atoms with Crippen LogP contribution in [-0.4, -0.2) is 31.1 Å². The monoisotopic (exact) mass is 408 g/mol. The fourth-order valence-corrected chi connectivity index (χ4v) is 2.65. The van der Waals surface area contributed by atoms with Crippen LogP contribution >= 0.6 is 0 Å². The van der Waals surface area contributed by atoms with Crippen molar-refractivity contribution < 1.29 is 28.3 Å². The van der Waals surface area contributed by atoms with Crippen molar-refractivity contribution in [2.45, 2.75) is 6.61 Å². The summed E-state index contributed by atoms with van der Waals surface area (Å²) >= 11 is 0. The van der Waals surface area contributed by atoms with E-state index in [1.54, 1.807) is 30.3 Å². The molecule has 0 bridgehead atoms. The third kappa shape index (κ3) is 5.26. The van der Waals surface area contributed by atoms with E-state index in [-0.39, 0.29) is 18.9 Å². The average Bonchev–Trinajstić information content (AvgIpc) is 3.14. The Hall–Kier alpha value is -4.07. The molecule has 1 heterocycles. The highest BCUT2D eigenvalue weighted by Gasteiger charge is 2.23. The Balaban J connectivity index is 1.69. The van der Waals surface area contributed by atoms with E-state index in [2.05, 4.69) is 11.9 Å². The maximum Gasteiger partial charge on any atom is 0.375 e. The van der Waals surface area contributed by atoms with Crippen LogP contribution in [0.3, 0.4) is 0 Å². The topological polar surface area (TPSA) is 107 Å². The van der Waals surface area contributed by atoms with Crippen molar-refractivity contribution in [3.8, 4) is 5.75 Å². The first-order valence-electron chi connectivity index (χ1n) is 9.12. The Labute approximate surface area is 172 Å². The summed E-state index contributed by atoms with van der Waals surface area (Å²) in [5.41, 5.74) is 0.993. The van der Waals surface area contributed by atoms with Crippen molar-refractivity contribution in [1.82, 2.24) is 10.6 Å². The molecular weight excluding hydrogens is 388 g/mol. The number of esters is 1. The molecular formula is C22H20N2O6. The molecule has 0 aliphatic heterocycles. The lowest BCUT2D eigenvalue weighted by Gasteiger charge is -2.08. The summed E-state index contributed by atoms with van der Waals surface area (Å²) in [6, 6.07) is 15.5. The van der Waals surface area contributed by atoms with Gasteiger partial charge in [-0.1, -0.05) is 42.5 Å². The summed E-state index contributed by atoms with van der Waals surface area (Å²) in [4.78, 5) is 35.8. The molecule has 0 saturated carbocycles. The highest BCUT2D eigenvalue weighted by molar-refractivity contribution is 5.99. The molecule has 0 spiro atoms. The summed E-state index contributed by atoms with van der Waals surface area (Å²) in [7, 11) is 0. The van der Waals surface area contributed by atoms with Gasteiger partial charge in [0.25, 0.3) is 5.91 Å². The molecule has 8 nitrogen and oxygen atoms in total. The lowest BCUT2D eigenvalue weighted by atomic mass is 10.1. The van der Waals surface area contributed by atoms with Crippen molar-refractivity contribution in [3.63, 3.8) is 0 Å². The highest BCUT2D eigenvalue weighted by atomic mass is 16.5. The van der Waals surface area contributed by atoms with E-state index < -0.39 is 24.5 Å². The van der Waals surface area contributed by atoms with E-state index in [1.165, 1.54) is 6.08 Å². The van der Waals surface area contributed by atoms with E-state index in [0.717, 1.165) is 0 Å². The zero-order valence-electron chi connectivity index (χ0n) is 16.1. The fraction of sp³-hybridized carbons (Fsp3) is 0.136. The predicted molar refractivity (Wildman–Crippen MR) is 109 cm³/mol. The molecule has 3 aromatic rings. The molecule has 0 aliphatic carbocycles. The van der Waals surface area contributed by atoms with Crippen LogP contribution in [0.1, 0.15) is 16.1 Å². The van der Waals surface area contributed by atoms with Gasteiger partial charge in [0.05, 0.1) is 5.56 Å². The van der Waals surface area contributed by atoms with Crippen LogP contribution in [0.2, 0.25) is 0 Å². The molecule has 2 N–H and O–H groups in total. The van der Waals surface area contributed by atoms with Crippen LogP contribution in [0.4, 0.5) is 4.79 Å². The molecule has 3 amide bonds. The van der Waals surface area contributed by atoms with E-state index in [4.69, 9.17) is 13.9 Å². The van der Waals surface area contributed by atoms with Gasteiger partial charge in [-0.2, -0.15) is 0 Å². The van der Waals surface area contributed by atoms with Crippen molar-refractivity contribution in [2.24, 2.45) is 0 Å². The van der Waals surface area contributed by atoms with Gasteiger partial charge in [-0.25, -0.2) is 9.59 Å². The van der Waals surface area contributed by atoms with E-state index in [1.807, 2.05) is 29.6 Å². The van der Waals surface area contributed by atoms with Crippen molar-refractivity contribution >= 4 is 28.9 Å². The standard InChI is InChI=1S/C22H20N2O6/c1-2-12-23-22(27)24-19(25)14-29-21(26)20-17(13-28-15-8-4-3-5-9-15)16-10-6-7-11-18(16)30-20/h2-11H,1,12-14H2,(H2,23,24,25,27). The quantitative estimate of drug-likeness (QED) is 0.438. The van der Waals surface area contributed by atoms with Crippen molar-refractivity contribution in [3.05, 3.63) is 78.6 Å². The second-order valence-electron chi connectivity index (χ2n) is 6.13. The highest BCUT2D eigenvalue weighted by Crippen LogP contribution is 2.28. The zero-order valence-corrected chi connectivity index (χ0v) is 16.1. The van der Waals surface area contributed by atoms with E-state index in [0.29, 0.717) is 22.3 Å². The third-order valence-corrected chi connectivity index (χ3v) is 4.00. The Morgan fingerprint density at radius 3 is 2.53 bits per heavy atom. The van der Waals surface area contributed by atoms with Gasteiger partial charge in [-0.15, -0.1) is 6.58 Å². The molecule has 8 heteroatoms. The maximum atomic E-state index is 12.5. The SMILES string of the molecule is C=CCNC(=O)NC(=O)COC(=O)c1oc2ccccc2c1COc1ccccc1. The molecule has 0 radical (unpaired) electrons. The first-order valence-corrected chi connectivity index (χ1v) is 9.12. The van der Waals surface area contributed by atoms with Crippen LogP contribution in [0.15, 0.2) is 71.7 Å². The van der Waals surface area contributed by atoms with Gasteiger partial charge in [0.2, 0.25) is 5.76 Å². The normalized spacial score (nSPS) is 10.3. The number of carbonyl (C=O) groups excluding carboxylic acids is 3. The molecule has 1 aromatic heterocycles. The Morgan fingerprint density at radius 2 is 1.77 bits per heavy atom. The number of furan rings is 1. The van der Waals surface area contributed by atoms with Crippen LogP contribution in [0.5, 0.6) is 5.75 Å². The summed E-state index contributed by atoms with van der Waals surface area (Å²) in [6.45, 7) is 3.07. The van der Waals surface area contributed by atoms with Gasteiger partial charge >= 0.3 is 12.0 Å². The van der Waals surface area contributed by atoms with Gasteiger partial charge in [-0.3, -0.25) is 10.1 Å². The third-order valence-electron chi connectivity index (χ3n) is 4.00. The van der Waals surface area contributed by atoms with Crippen molar-refractivity contribution in [1.29, 1.82) is 0 Å². The summed E-state index contributed by atoms with van der Waals surface area (Å²) < 4.78 is 16.4. The molecule has 0 atom stereocenters. The molecule has 2 aromatic carbocycles. The van der Waals surface area contributed by atoms with E-state index >= 15 is 0 Å². The average molecular weight is 408 g/mol. The molecule has 30 heavy (non-hydrogen) atoms. The number of benzene rings is 2. The Morgan fingerprint density at radius 1 is 1.03 bits per heavy atom. The van der Waals surface area contributed by atoms with Gasteiger partial charge in [-0.05, 0) is 18.2 Å². The minimum absolute atomic E-state index is 0.0592. The summed E-state index contributed by atoms with van der Waals surface area (Å²) in [6.07, 6.45) is 1.46. The number of hydrogen-bond donors (Lipinski definition) is 2. The number of carbonyl (C=O) groups is 3. The van der Waals surface area contributed by atoms with E-state index in [9.17, 15) is 14.4 Å². The van der Waals surface area contributed by atoms with Crippen LogP contribution < -0.4 is 15.4 Å². The smallest absolute Gasteiger partial charge is 0.375 e. The largest absolute Gasteiger partial charge is 0.489 e. The number of ether oxygens (including phenoxy) is 2. The number of rotatable bonds is 8. The summed E-state index contributed by atoms with van der Waals surface area (Å²) in [5.74, 6) is -1.04. The molecule has 0 fully saturated rings. The van der Waals surface area contributed by atoms with Crippen molar-refractivity contribution in [2.75, 3.05) is 13.2 Å².